The van der Waals surface area contributed by atoms with Gasteiger partial charge in [0.15, 0.2) is 4.96 Å². The summed E-state index contributed by atoms with van der Waals surface area (Å²) in [6.07, 6.45) is 0. The van der Waals surface area contributed by atoms with Gasteiger partial charge in [-0.25, -0.2) is 9.38 Å². The third kappa shape index (κ3) is 4.53. The lowest BCUT2D eigenvalue weighted by Gasteiger charge is -2.08. The van der Waals surface area contributed by atoms with Gasteiger partial charge in [0.2, 0.25) is 0 Å². The Hall–Kier alpha value is -3.01. The molecule has 10 heteroatoms. The first-order valence-electron chi connectivity index (χ1n) is 8.99. The molecule has 0 radical (unpaired) electrons. The molecule has 4 rings (SSSR count). The predicted molar refractivity (Wildman–Crippen MR) is 126 cm³/mol. The second-order valence-electron chi connectivity index (χ2n) is 6.56. The molecule has 0 saturated carbocycles. The molecule has 2 aromatic carbocycles. The minimum Gasteiger partial charge on any atom is -0.321 e. The molecule has 4 aromatic rings. The Labute approximate surface area is 193 Å². The third-order valence-corrected chi connectivity index (χ3v) is 6.09. The maximum atomic E-state index is 13.1. The van der Waals surface area contributed by atoms with Crippen LogP contribution in [-0.2, 0) is 0 Å². The van der Waals surface area contributed by atoms with E-state index in [2.05, 4.69) is 31.5 Å². The zero-order valence-corrected chi connectivity index (χ0v) is 19.1. The molecule has 2 amide bonds. The average Bonchev–Trinajstić information content (AvgIpc) is 3.11. The fourth-order valence-corrected chi connectivity index (χ4v) is 4.35. The van der Waals surface area contributed by atoms with Gasteiger partial charge in [0, 0.05) is 32.6 Å². The molecule has 0 aliphatic heterocycles. The van der Waals surface area contributed by atoms with Crippen LogP contribution in [0.1, 0.15) is 25.9 Å². The van der Waals surface area contributed by atoms with E-state index >= 15 is 0 Å². The van der Waals surface area contributed by atoms with Crippen LogP contribution in [0.5, 0.6) is 0 Å². The average molecular weight is 518 g/mol. The van der Waals surface area contributed by atoms with Crippen LogP contribution in [0.4, 0.5) is 11.4 Å². The maximum Gasteiger partial charge on any atom is 0.274 e. The minimum atomic E-state index is -0.595. The first kappa shape index (κ1) is 21.2. The summed E-state index contributed by atoms with van der Waals surface area (Å²) in [6.45, 7) is 1.68. The number of benzene rings is 2. The second kappa shape index (κ2) is 8.62. The molecule has 31 heavy (non-hydrogen) atoms. The fourth-order valence-electron chi connectivity index (χ4n) is 2.89. The number of hydrogen-bond donors (Lipinski definition) is 2. The van der Waals surface area contributed by atoms with Crippen LogP contribution in [0.25, 0.3) is 4.96 Å². The smallest absolute Gasteiger partial charge is 0.274 e. The Morgan fingerprint density at radius 1 is 1.00 bits per heavy atom. The standard InChI is InChI=1S/C21H14BrClN4O3S/c1-11-10-16(28)27-17(19(29)25-14-6-2-12(22)3-7-14)18(31-21(27)24-11)20(30)26-15-8-4-13(23)5-9-15/h2-10H,1H3,(H,25,29)(H,26,30). The van der Waals surface area contributed by atoms with Crippen molar-refractivity contribution < 1.29 is 9.59 Å². The van der Waals surface area contributed by atoms with Gasteiger partial charge in [-0.3, -0.25) is 14.4 Å². The lowest BCUT2D eigenvalue weighted by Crippen LogP contribution is -2.25. The summed E-state index contributed by atoms with van der Waals surface area (Å²) in [5, 5.41) is 5.99. The van der Waals surface area contributed by atoms with Crippen molar-refractivity contribution in [3.05, 3.63) is 90.7 Å². The highest BCUT2D eigenvalue weighted by Gasteiger charge is 2.26. The number of hydrogen-bond acceptors (Lipinski definition) is 5. The Bertz CT molecular complexity index is 1360. The number of thiazole rings is 1. The van der Waals surface area contributed by atoms with E-state index in [9.17, 15) is 14.4 Å². The van der Waals surface area contributed by atoms with Gasteiger partial charge in [0.1, 0.15) is 10.6 Å². The van der Waals surface area contributed by atoms with Crippen molar-refractivity contribution in [3.8, 4) is 0 Å². The summed E-state index contributed by atoms with van der Waals surface area (Å²) < 4.78 is 2.01. The van der Waals surface area contributed by atoms with Crippen LogP contribution < -0.4 is 16.2 Å². The van der Waals surface area contributed by atoms with Crippen molar-refractivity contribution in [3.63, 3.8) is 0 Å². The Kier molecular flexibility index (Phi) is 5.90. The predicted octanol–water partition coefficient (Wildman–Crippen LogP) is 4.98. The number of anilines is 2. The number of carbonyl (C=O) groups excluding carboxylic acids is 2. The summed E-state index contributed by atoms with van der Waals surface area (Å²) >= 11 is 10.2. The topological polar surface area (TPSA) is 92.6 Å². The highest BCUT2D eigenvalue weighted by atomic mass is 79.9. The lowest BCUT2D eigenvalue weighted by atomic mass is 10.2. The Balaban J connectivity index is 1.78. The number of aryl methyl sites for hydroxylation is 1. The molecular weight excluding hydrogens is 504 g/mol. The van der Waals surface area contributed by atoms with Crippen LogP contribution in [0.15, 0.2) is 63.9 Å². The fraction of sp³-hybridized carbons (Fsp3) is 0.0476. The molecule has 7 nitrogen and oxygen atoms in total. The van der Waals surface area contributed by atoms with E-state index in [0.717, 1.165) is 20.2 Å². The largest absolute Gasteiger partial charge is 0.321 e. The lowest BCUT2D eigenvalue weighted by molar-refractivity contribution is 0.0989. The number of aromatic nitrogens is 2. The van der Waals surface area contributed by atoms with Gasteiger partial charge in [-0.1, -0.05) is 38.9 Å². The molecule has 0 saturated heterocycles. The monoisotopic (exact) mass is 516 g/mol. The number of rotatable bonds is 4. The summed E-state index contributed by atoms with van der Waals surface area (Å²) in [5.41, 5.74) is 1.00. The van der Waals surface area contributed by atoms with Crippen LogP contribution in [0, 0.1) is 6.92 Å². The molecule has 0 aliphatic rings. The molecular formula is C21H14BrClN4O3S. The first-order valence-corrected chi connectivity index (χ1v) is 11.0. The Morgan fingerprint density at radius 2 is 1.58 bits per heavy atom. The van der Waals surface area contributed by atoms with Crippen molar-refractivity contribution in [1.82, 2.24) is 9.38 Å². The van der Waals surface area contributed by atoms with Gasteiger partial charge in [-0.05, 0) is 55.5 Å². The van der Waals surface area contributed by atoms with Gasteiger partial charge >= 0.3 is 0 Å². The molecule has 156 valence electrons. The second-order valence-corrected chi connectivity index (χ2v) is 8.89. The van der Waals surface area contributed by atoms with E-state index in [1.165, 1.54) is 6.07 Å². The molecule has 0 unspecified atom stereocenters. The quantitative estimate of drug-likeness (QED) is 0.399. The zero-order chi connectivity index (χ0) is 22.1. The van der Waals surface area contributed by atoms with E-state index in [4.69, 9.17) is 11.6 Å². The van der Waals surface area contributed by atoms with Gasteiger partial charge in [-0.15, -0.1) is 0 Å². The maximum absolute atomic E-state index is 13.1. The zero-order valence-electron chi connectivity index (χ0n) is 16.0. The SMILES string of the molecule is Cc1cc(=O)n2c(C(=O)Nc3ccc(Br)cc3)c(C(=O)Nc3ccc(Cl)cc3)sc2n1. The van der Waals surface area contributed by atoms with E-state index in [0.29, 0.717) is 22.1 Å². The molecule has 0 aliphatic carbocycles. The highest BCUT2D eigenvalue weighted by molar-refractivity contribution is 9.10. The van der Waals surface area contributed by atoms with E-state index in [-0.39, 0.29) is 15.5 Å². The van der Waals surface area contributed by atoms with E-state index in [1.54, 1.807) is 55.5 Å². The van der Waals surface area contributed by atoms with Gasteiger partial charge in [0.25, 0.3) is 17.4 Å². The Morgan fingerprint density at radius 3 is 2.23 bits per heavy atom. The molecule has 0 spiro atoms. The number of fused-ring (bicyclic) bond motifs is 1. The van der Waals surface area contributed by atoms with Crippen LogP contribution >= 0.6 is 38.9 Å². The van der Waals surface area contributed by atoms with Crippen LogP contribution in [0.3, 0.4) is 0 Å². The number of amides is 2. The number of nitrogens with zero attached hydrogens (tertiary/aromatic N) is 2. The normalized spacial score (nSPS) is 10.8. The third-order valence-electron chi connectivity index (χ3n) is 4.27. The summed E-state index contributed by atoms with van der Waals surface area (Å²) in [6, 6.07) is 14.8. The molecule has 0 bridgehead atoms. The van der Waals surface area contributed by atoms with Crippen LogP contribution in [-0.4, -0.2) is 21.2 Å². The van der Waals surface area contributed by atoms with Crippen LogP contribution in [0.2, 0.25) is 5.02 Å². The summed E-state index contributed by atoms with van der Waals surface area (Å²) in [7, 11) is 0. The van der Waals surface area contributed by atoms with E-state index < -0.39 is 17.4 Å². The van der Waals surface area contributed by atoms with Crippen molar-refractivity contribution in [2.45, 2.75) is 6.92 Å². The minimum absolute atomic E-state index is 0.0692. The number of carbonyl (C=O) groups is 2. The first-order chi connectivity index (χ1) is 14.8. The van der Waals surface area contributed by atoms with Gasteiger partial charge in [-0.2, -0.15) is 0 Å². The van der Waals surface area contributed by atoms with Crippen molar-refractivity contribution >= 4 is 67.0 Å². The molecule has 0 atom stereocenters. The van der Waals surface area contributed by atoms with Crippen molar-refractivity contribution in [2.75, 3.05) is 10.6 Å². The van der Waals surface area contributed by atoms with Gasteiger partial charge < -0.3 is 10.6 Å². The highest BCUT2D eigenvalue weighted by Crippen LogP contribution is 2.25. The molecule has 2 N–H and O–H groups in total. The van der Waals surface area contributed by atoms with E-state index in [1.807, 2.05) is 0 Å². The number of halogens is 2. The molecule has 2 aromatic heterocycles. The summed E-state index contributed by atoms with van der Waals surface area (Å²) in [4.78, 5) is 43.5. The van der Waals surface area contributed by atoms with Crippen molar-refractivity contribution in [2.24, 2.45) is 0 Å². The summed E-state index contributed by atoms with van der Waals surface area (Å²) in [5.74, 6) is -1.13. The van der Waals surface area contributed by atoms with Gasteiger partial charge in [0.05, 0.1) is 0 Å². The number of nitrogens with one attached hydrogen (secondary N) is 2. The van der Waals surface area contributed by atoms with Crippen molar-refractivity contribution in [1.29, 1.82) is 0 Å². The molecule has 0 fully saturated rings. The molecule has 2 heterocycles.